The summed E-state index contributed by atoms with van der Waals surface area (Å²) in [4.78, 5) is 4.54. The summed E-state index contributed by atoms with van der Waals surface area (Å²) < 4.78 is 38.1. The average molecular weight is 231 g/mol. The Labute approximate surface area is 91.7 Å². The van der Waals surface area contributed by atoms with Crippen molar-refractivity contribution in [3.05, 3.63) is 35.4 Å². The first-order valence-corrected chi connectivity index (χ1v) is 4.77. The van der Waals surface area contributed by atoms with Gasteiger partial charge in [0, 0.05) is 5.56 Å². The van der Waals surface area contributed by atoms with Crippen molar-refractivity contribution in [2.24, 2.45) is 5.16 Å². The molecule has 0 aliphatic heterocycles. The smallest absolute Gasteiger partial charge is 0.399 e. The fourth-order valence-electron chi connectivity index (χ4n) is 1.40. The second-order valence-electron chi connectivity index (χ2n) is 3.12. The van der Waals surface area contributed by atoms with E-state index in [4.69, 9.17) is 0 Å². The van der Waals surface area contributed by atoms with Crippen LogP contribution in [0.4, 0.5) is 13.2 Å². The lowest BCUT2D eigenvalue weighted by molar-refractivity contribution is -0.137. The summed E-state index contributed by atoms with van der Waals surface area (Å²) in [5.74, 6) is 0. The molecule has 0 aromatic heterocycles. The van der Waals surface area contributed by atoms with Gasteiger partial charge in [-0.3, -0.25) is 0 Å². The molecule has 0 unspecified atom stereocenters. The molecule has 1 aromatic rings. The van der Waals surface area contributed by atoms with Crippen molar-refractivity contribution < 1.29 is 18.0 Å². The van der Waals surface area contributed by atoms with Crippen LogP contribution in [0.1, 0.15) is 24.5 Å². The number of alkyl halides is 3. The van der Waals surface area contributed by atoms with Crippen LogP contribution in [0.3, 0.4) is 0 Å². The molecular weight excluding hydrogens is 219 g/mol. The molecule has 2 nitrogen and oxygen atoms in total. The van der Waals surface area contributed by atoms with E-state index in [2.05, 4.69) is 9.99 Å². The van der Waals surface area contributed by atoms with Gasteiger partial charge in [-0.05, 0) is 12.5 Å². The lowest BCUT2D eigenvalue weighted by atomic mass is 10.0. The number of rotatable bonds is 3. The zero-order chi connectivity index (χ0) is 12.2. The van der Waals surface area contributed by atoms with Crippen molar-refractivity contribution in [3.63, 3.8) is 0 Å². The van der Waals surface area contributed by atoms with Crippen LogP contribution in [0.5, 0.6) is 0 Å². The van der Waals surface area contributed by atoms with Gasteiger partial charge in [-0.1, -0.05) is 30.3 Å². The quantitative estimate of drug-likeness (QED) is 0.576. The Balaban J connectivity index is 3.28. The summed E-state index contributed by atoms with van der Waals surface area (Å²) >= 11 is 0. The second-order valence-corrected chi connectivity index (χ2v) is 3.12. The van der Waals surface area contributed by atoms with Crippen molar-refractivity contribution >= 4 is 5.71 Å². The van der Waals surface area contributed by atoms with Gasteiger partial charge in [-0.25, -0.2) is 0 Å². The number of hydrogen-bond donors (Lipinski definition) is 0. The largest absolute Gasteiger partial charge is 0.417 e. The Morgan fingerprint density at radius 2 is 1.94 bits per heavy atom. The van der Waals surface area contributed by atoms with Gasteiger partial charge in [-0.2, -0.15) is 13.2 Å². The number of benzene rings is 1. The minimum Gasteiger partial charge on any atom is -0.399 e. The Hall–Kier alpha value is -1.52. The fraction of sp³-hybridized carbons (Fsp3) is 0.364. The molecule has 0 amide bonds. The average Bonchev–Trinajstić information content (AvgIpc) is 2.25. The zero-order valence-electron chi connectivity index (χ0n) is 9.01. The maximum Gasteiger partial charge on any atom is 0.417 e. The lowest BCUT2D eigenvalue weighted by Gasteiger charge is -2.12. The van der Waals surface area contributed by atoms with Crippen LogP contribution in [-0.4, -0.2) is 12.8 Å². The first-order valence-electron chi connectivity index (χ1n) is 4.77. The van der Waals surface area contributed by atoms with E-state index >= 15 is 0 Å². The minimum absolute atomic E-state index is 0.0688. The third-order valence-corrected chi connectivity index (χ3v) is 2.08. The molecule has 5 heteroatoms. The van der Waals surface area contributed by atoms with Crippen LogP contribution < -0.4 is 0 Å². The molecule has 0 N–H and O–H groups in total. The third kappa shape index (κ3) is 2.74. The SMILES string of the molecule is CCC(=NOC)c1ccccc1C(F)(F)F. The van der Waals surface area contributed by atoms with Crippen molar-refractivity contribution in [1.82, 2.24) is 0 Å². The monoisotopic (exact) mass is 231 g/mol. The van der Waals surface area contributed by atoms with E-state index in [1.54, 1.807) is 13.0 Å². The van der Waals surface area contributed by atoms with E-state index in [-0.39, 0.29) is 11.3 Å². The molecule has 0 aliphatic rings. The summed E-state index contributed by atoms with van der Waals surface area (Å²) in [6.45, 7) is 1.73. The van der Waals surface area contributed by atoms with Gasteiger partial charge >= 0.3 is 6.18 Å². The zero-order valence-corrected chi connectivity index (χ0v) is 9.01. The number of halogens is 3. The van der Waals surface area contributed by atoms with Gasteiger partial charge in [0.2, 0.25) is 0 Å². The fourth-order valence-corrected chi connectivity index (χ4v) is 1.40. The summed E-state index contributed by atoms with van der Waals surface area (Å²) in [6, 6.07) is 5.33. The van der Waals surface area contributed by atoms with Crippen LogP contribution in [-0.2, 0) is 11.0 Å². The molecule has 88 valence electrons. The molecule has 16 heavy (non-hydrogen) atoms. The minimum atomic E-state index is -4.37. The van der Waals surface area contributed by atoms with Gasteiger partial charge in [0.25, 0.3) is 0 Å². The van der Waals surface area contributed by atoms with Crippen molar-refractivity contribution in [2.75, 3.05) is 7.11 Å². The molecule has 0 radical (unpaired) electrons. The number of nitrogens with zero attached hydrogens (tertiary/aromatic N) is 1. The van der Waals surface area contributed by atoms with E-state index in [1.807, 2.05) is 0 Å². The van der Waals surface area contributed by atoms with Gasteiger partial charge in [0.15, 0.2) is 0 Å². The predicted octanol–water partition coefficient (Wildman–Crippen LogP) is 3.47. The molecule has 0 heterocycles. The molecule has 0 saturated carbocycles. The van der Waals surface area contributed by atoms with Gasteiger partial charge < -0.3 is 4.84 Å². The summed E-state index contributed by atoms with van der Waals surface area (Å²) in [7, 11) is 1.31. The topological polar surface area (TPSA) is 21.6 Å². The number of oxime groups is 1. The van der Waals surface area contributed by atoms with Crippen LogP contribution in [0.25, 0.3) is 0 Å². The van der Waals surface area contributed by atoms with Crippen molar-refractivity contribution in [2.45, 2.75) is 19.5 Å². The lowest BCUT2D eigenvalue weighted by Crippen LogP contribution is -2.13. The van der Waals surface area contributed by atoms with Gasteiger partial charge in [0.1, 0.15) is 7.11 Å². The highest BCUT2D eigenvalue weighted by atomic mass is 19.4. The summed E-state index contributed by atoms with van der Waals surface area (Å²) in [6.07, 6.45) is -4.00. The summed E-state index contributed by atoms with van der Waals surface area (Å²) in [5.41, 5.74) is -0.331. The highest BCUT2D eigenvalue weighted by molar-refractivity contribution is 6.01. The van der Waals surface area contributed by atoms with Crippen LogP contribution >= 0.6 is 0 Å². The Bertz CT molecular complexity index is 385. The van der Waals surface area contributed by atoms with E-state index in [0.29, 0.717) is 6.42 Å². The predicted molar refractivity (Wildman–Crippen MR) is 55.3 cm³/mol. The summed E-state index contributed by atoms with van der Waals surface area (Å²) in [5, 5.41) is 3.60. The van der Waals surface area contributed by atoms with Crippen molar-refractivity contribution in [1.29, 1.82) is 0 Å². The van der Waals surface area contributed by atoms with Crippen molar-refractivity contribution in [3.8, 4) is 0 Å². The standard InChI is InChI=1S/C11H12F3NO/c1-3-10(15-16-2)8-6-4-5-7-9(8)11(12,13)14/h4-7H,3H2,1-2H3. The molecule has 1 aromatic carbocycles. The van der Waals surface area contributed by atoms with E-state index < -0.39 is 11.7 Å². The van der Waals surface area contributed by atoms with E-state index in [0.717, 1.165) is 6.07 Å². The van der Waals surface area contributed by atoms with Crippen LogP contribution in [0.2, 0.25) is 0 Å². The van der Waals surface area contributed by atoms with E-state index in [1.165, 1.54) is 19.2 Å². The Morgan fingerprint density at radius 1 is 1.31 bits per heavy atom. The highest BCUT2D eigenvalue weighted by Crippen LogP contribution is 2.32. The molecule has 0 bridgehead atoms. The molecule has 0 atom stereocenters. The third-order valence-electron chi connectivity index (χ3n) is 2.08. The molecule has 0 spiro atoms. The van der Waals surface area contributed by atoms with Crippen LogP contribution in [0.15, 0.2) is 29.4 Å². The highest BCUT2D eigenvalue weighted by Gasteiger charge is 2.33. The van der Waals surface area contributed by atoms with Gasteiger partial charge in [0.05, 0.1) is 11.3 Å². The normalized spacial score (nSPS) is 12.7. The molecule has 0 saturated heterocycles. The first kappa shape index (κ1) is 12.5. The first-order chi connectivity index (χ1) is 7.50. The maximum atomic E-state index is 12.7. The molecule has 0 aliphatic carbocycles. The van der Waals surface area contributed by atoms with Crippen LogP contribution in [0, 0.1) is 0 Å². The molecular formula is C11H12F3NO. The number of hydrogen-bond acceptors (Lipinski definition) is 2. The second kappa shape index (κ2) is 5.01. The maximum absolute atomic E-state index is 12.7. The Morgan fingerprint density at radius 3 is 2.44 bits per heavy atom. The van der Waals surface area contributed by atoms with Gasteiger partial charge in [-0.15, -0.1) is 0 Å². The van der Waals surface area contributed by atoms with E-state index in [9.17, 15) is 13.2 Å². The molecule has 1 rings (SSSR count). The molecule has 0 fully saturated rings. The Kier molecular flexibility index (Phi) is 3.93.